The van der Waals surface area contributed by atoms with Crippen LogP contribution in [0.25, 0.3) is 0 Å². The number of ether oxygens (including phenoxy) is 2. The number of amides is 1. The fourth-order valence-corrected chi connectivity index (χ4v) is 2.68. The van der Waals surface area contributed by atoms with E-state index in [0.29, 0.717) is 30.4 Å². The number of carbonyl (C=O) groups is 1. The second-order valence-electron chi connectivity index (χ2n) is 5.35. The van der Waals surface area contributed by atoms with Crippen molar-refractivity contribution in [3.05, 3.63) is 59.1 Å². The van der Waals surface area contributed by atoms with Gasteiger partial charge in [0.1, 0.15) is 11.5 Å². The number of para-hydroxylation sites is 1. The van der Waals surface area contributed by atoms with Crippen LogP contribution in [0.1, 0.15) is 24.4 Å². The smallest absolute Gasteiger partial charge is 0.223 e. The molecule has 0 bridgehead atoms. The number of carbonyl (C=O) groups excluding carboxylic acids is 1. The third kappa shape index (κ3) is 4.17. The third-order valence-corrected chi connectivity index (χ3v) is 3.96. The lowest BCUT2D eigenvalue weighted by Gasteiger charge is -2.26. The summed E-state index contributed by atoms with van der Waals surface area (Å²) in [6.07, 6.45) is 1.09. The highest BCUT2D eigenvalue weighted by Gasteiger charge is 2.22. The van der Waals surface area contributed by atoms with E-state index in [1.165, 1.54) is 0 Å². The van der Waals surface area contributed by atoms with Crippen molar-refractivity contribution in [3.63, 3.8) is 0 Å². The molecule has 0 saturated carbocycles. The third-order valence-electron chi connectivity index (χ3n) is 3.71. The predicted molar refractivity (Wildman–Crippen MR) is 89.0 cm³/mol. The van der Waals surface area contributed by atoms with Crippen molar-refractivity contribution >= 4 is 17.5 Å². The predicted octanol–water partition coefficient (Wildman–Crippen LogP) is 3.75. The number of fused-ring (bicyclic) bond motifs is 1. The van der Waals surface area contributed by atoms with Gasteiger partial charge in [0.2, 0.25) is 5.91 Å². The second-order valence-corrected chi connectivity index (χ2v) is 5.78. The molecular weight excluding hydrogens is 314 g/mol. The van der Waals surface area contributed by atoms with Crippen LogP contribution in [0.5, 0.6) is 11.5 Å². The van der Waals surface area contributed by atoms with E-state index in [1.54, 1.807) is 24.3 Å². The van der Waals surface area contributed by atoms with Gasteiger partial charge in [-0.15, -0.1) is 0 Å². The molecule has 3 rings (SSSR count). The summed E-state index contributed by atoms with van der Waals surface area (Å²) in [5.41, 5.74) is 1.03. The maximum atomic E-state index is 12.1. The monoisotopic (exact) mass is 331 g/mol. The van der Waals surface area contributed by atoms with Crippen molar-refractivity contribution in [1.29, 1.82) is 0 Å². The van der Waals surface area contributed by atoms with E-state index in [2.05, 4.69) is 5.32 Å². The average molecular weight is 332 g/mol. The Morgan fingerprint density at radius 1 is 1.22 bits per heavy atom. The Kier molecular flexibility index (Phi) is 5.03. The van der Waals surface area contributed by atoms with Crippen LogP contribution >= 0.6 is 11.6 Å². The first-order valence-corrected chi connectivity index (χ1v) is 7.99. The SMILES string of the molecule is O=C(CCOc1ccc(Cl)cc1)N[C@H]1CCOc2ccccc21. The molecule has 1 heterocycles. The average Bonchev–Trinajstić information content (AvgIpc) is 2.57. The molecule has 1 N–H and O–H groups in total. The lowest BCUT2D eigenvalue weighted by atomic mass is 10.0. The molecule has 0 saturated heterocycles. The Morgan fingerprint density at radius 2 is 2.00 bits per heavy atom. The number of hydrogen-bond acceptors (Lipinski definition) is 3. The number of benzene rings is 2. The maximum Gasteiger partial charge on any atom is 0.223 e. The Morgan fingerprint density at radius 3 is 2.83 bits per heavy atom. The molecule has 1 aliphatic heterocycles. The van der Waals surface area contributed by atoms with Gasteiger partial charge in [0.15, 0.2) is 0 Å². The zero-order valence-electron chi connectivity index (χ0n) is 12.6. The molecule has 0 unspecified atom stereocenters. The van der Waals surface area contributed by atoms with Crippen molar-refractivity contribution in [2.24, 2.45) is 0 Å². The standard InChI is InChI=1S/C18H18ClNO3/c19-13-5-7-14(8-6-13)22-12-10-18(21)20-16-9-11-23-17-4-2-1-3-15(16)17/h1-8,16H,9-12H2,(H,20,21)/t16-/m0/s1. The van der Waals surface area contributed by atoms with Gasteiger partial charge in [0.05, 0.1) is 25.7 Å². The summed E-state index contributed by atoms with van der Waals surface area (Å²) in [7, 11) is 0. The Bertz CT molecular complexity index is 672. The number of halogens is 1. The minimum Gasteiger partial charge on any atom is -0.493 e. The molecule has 1 atom stereocenters. The molecule has 2 aromatic rings. The fraction of sp³-hybridized carbons (Fsp3) is 0.278. The molecule has 5 heteroatoms. The molecular formula is C18H18ClNO3. The summed E-state index contributed by atoms with van der Waals surface area (Å²) in [4.78, 5) is 12.1. The minimum absolute atomic E-state index is 0.00276. The molecule has 0 radical (unpaired) electrons. The molecule has 0 fully saturated rings. The highest BCUT2D eigenvalue weighted by Crippen LogP contribution is 2.31. The van der Waals surface area contributed by atoms with E-state index in [0.717, 1.165) is 17.7 Å². The summed E-state index contributed by atoms with van der Waals surface area (Å²) in [6.45, 7) is 0.946. The summed E-state index contributed by atoms with van der Waals surface area (Å²) >= 11 is 5.82. The van der Waals surface area contributed by atoms with Crippen LogP contribution in [0.4, 0.5) is 0 Å². The van der Waals surface area contributed by atoms with E-state index in [1.807, 2.05) is 24.3 Å². The van der Waals surface area contributed by atoms with Gasteiger partial charge < -0.3 is 14.8 Å². The molecule has 0 aliphatic carbocycles. The first-order valence-electron chi connectivity index (χ1n) is 7.62. The summed E-state index contributed by atoms with van der Waals surface area (Å²) < 4.78 is 11.1. The lowest BCUT2D eigenvalue weighted by molar-refractivity contribution is -0.122. The van der Waals surface area contributed by atoms with Crippen molar-refractivity contribution < 1.29 is 14.3 Å². The zero-order chi connectivity index (χ0) is 16.1. The number of rotatable bonds is 5. The van der Waals surface area contributed by atoms with Gasteiger partial charge in [-0.2, -0.15) is 0 Å². The van der Waals surface area contributed by atoms with Gasteiger partial charge in [-0.25, -0.2) is 0 Å². The van der Waals surface area contributed by atoms with Crippen LogP contribution in [0, 0.1) is 0 Å². The Hall–Kier alpha value is -2.20. The summed E-state index contributed by atoms with van der Waals surface area (Å²) in [5, 5.41) is 3.71. The van der Waals surface area contributed by atoms with Crippen molar-refractivity contribution in [2.75, 3.05) is 13.2 Å². The first kappa shape index (κ1) is 15.7. The highest BCUT2D eigenvalue weighted by atomic mass is 35.5. The largest absolute Gasteiger partial charge is 0.493 e. The van der Waals surface area contributed by atoms with Crippen LogP contribution in [0.15, 0.2) is 48.5 Å². The van der Waals surface area contributed by atoms with Crippen LogP contribution in [0.3, 0.4) is 0 Å². The van der Waals surface area contributed by atoms with Gasteiger partial charge >= 0.3 is 0 Å². The molecule has 0 aromatic heterocycles. The molecule has 4 nitrogen and oxygen atoms in total. The minimum atomic E-state index is -0.0272. The molecule has 2 aromatic carbocycles. The molecule has 0 spiro atoms. The topological polar surface area (TPSA) is 47.6 Å². The van der Waals surface area contributed by atoms with E-state index in [4.69, 9.17) is 21.1 Å². The summed E-state index contributed by atoms with van der Waals surface area (Å²) in [5.74, 6) is 1.53. The quantitative estimate of drug-likeness (QED) is 0.907. The van der Waals surface area contributed by atoms with Gasteiger partial charge in [0.25, 0.3) is 0 Å². The van der Waals surface area contributed by atoms with Gasteiger partial charge in [-0.1, -0.05) is 29.8 Å². The number of nitrogens with one attached hydrogen (secondary N) is 1. The van der Waals surface area contributed by atoms with Crippen LogP contribution < -0.4 is 14.8 Å². The first-order chi connectivity index (χ1) is 11.2. The fourth-order valence-electron chi connectivity index (χ4n) is 2.55. The van der Waals surface area contributed by atoms with E-state index < -0.39 is 0 Å². The van der Waals surface area contributed by atoms with Gasteiger partial charge in [0, 0.05) is 17.0 Å². The van der Waals surface area contributed by atoms with E-state index >= 15 is 0 Å². The molecule has 1 aliphatic rings. The summed E-state index contributed by atoms with van der Waals surface area (Å²) in [6, 6.07) is 14.9. The van der Waals surface area contributed by atoms with Gasteiger partial charge in [-0.05, 0) is 30.3 Å². The van der Waals surface area contributed by atoms with Crippen LogP contribution in [0.2, 0.25) is 5.02 Å². The van der Waals surface area contributed by atoms with Crippen molar-refractivity contribution in [1.82, 2.24) is 5.32 Å². The van der Waals surface area contributed by atoms with Crippen molar-refractivity contribution in [3.8, 4) is 11.5 Å². The highest BCUT2D eigenvalue weighted by molar-refractivity contribution is 6.30. The number of hydrogen-bond donors (Lipinski definition) is 1. The molecule has 23 heavy (non-hydrogen) atoms. The molecule has 120 valence electrons. The normalized spacial score (nSPS) is 16.1. The van der Waals surface area contributed by atoms with Gasteiger partial charge in [-0.3, -0.25) is 4.79 Å². The second kappa shape index (κ2) is 7.38. The van der Waals surface area contributed by atoms with E-state index in [-0.39, 0.29) is 11.9 Å². The van der Waals surface area contributed by atoms with E-state index in [9.17, 15) is 4.79 Å². The maximum absolute atomic E-state index is 12.1. The van der Waals surface area contributed by atoms with Crippen LogP contribution in [-0.4, -0.2) is 19.1 Å². The van der Waals surface area contributed by atoms with Crippen molar-refractivity contribution in [2.45, 2.75) is 18.9 Å². The Balaban J connectivity index is 1.49. The lowest BCUT2D eigenvalue weighted by Crippen LogP contribution is -2.32. The molecule has 1 amide bonds. The Labute approximate surface area is 140 Å². The van der Waals surface area contributed by atoms with Crippen LogP contribution in [-0.2, 0) is 4.79 Å². The zero-order valence-corrected chi connectivity index (χ0v) is 13.4.